The van der Waals surface area contributed by atoms with Gasteiger partial charge in [-0.1, -0.05) is 19.1 Å². The SMILES string of the molecule is CC1(C)CCN(c2cnc(-n3nnc4cc(F)c(O)c(F)c43)cn2)CC1. The molecule has 2 aromatic heterocycles. The van der Waals surface area contributed by atoms with Crippen molar-refractivity contribution < 1.29 is 13.9 Å². The maximum atomic E-state index is 14.2. The summed E-state index contributed by atoms with van der Waals surface area (Å²) in [5.74, 6) is -2.31. The number of aromatic nitrogens is 5. The van der Waals surface area contributed by atoms with Crippen LogP contribution in [-0.2, 0) is 0 Å². The first-order valence-corrected chi connectivity index (χ1v) is 8.35. The number of phenolic OH excluding ortho intramolecular Hbond substituents is 1. The maximum absolute atomic E-state index is 14.2. The van der Waals surface area contributed by atoms with Crippen LogP contribution < -0.4 is 4.90 Å². The topological polar surface area (TPSA) is 80.0 Å². The Bertz CT molecular complexity index is 960. The highest BCUT2D eigenvalue weighted by Crippen LogP contribution is 2.32. The normalized spacial score (nSPS) is 17.0. The van der Waals surface area contributed by atoms with E-state index in [1.165, 1.54) is 6.20 Å². The van der Waals surface area contributed by atoms with E-state index in [0.717, 1.165) is 42.5 Å². The summed E-state index contributed by atoms with van der Waals surface area (Å²) in [7, 11) is 0. The first-order valence-electron chi connectivity index (χ1n) is 8.35. The fourth-order valence-electron chi connectivity index (χ4n) is 3.09. The first-order chi connectivity index (χ1) is 12.4. The zero-order valence-electron chi connectivity index (χ0n) is 14.4. The van der Waals surface area contributed by atoms with Crippen LogP contribution in [0.4, 0.5) is 14.6 Å². The van der Waals surface area contributed by atoms with Crippen LogP contribution in [0.2, 0.25) is 0 Å². The van der Waals surface area contributed by atoms with Crippen LogP contribution >= 0.6 is 0 Å². The summed E-state index contributed by atoms with van der Waals surface area (Å²) in [6.45, 7) is 6.30. The van der Waals surface area contributed by atoms with E-state index in [1.807, 2.05) is 0 Å². The van der Waals surface area contributed by atoms with Crippen molar-refractivity contribution in [1.29, 1.82) is 0 Å². The molecule has 136 valence electrons. The highest BCUT2D eigenvalue weighted by molar-refractivity contribution is 5.78. The fourth-order valence-corrected chi connectivity index (χ4v) is 3.09. The largest absolute Gasteiger partial charge is 0.503 e. The van der Waals surface area contributed by atoms with Crippen LogP contribution in [-0.4, -0.2) is 43.2 Å². The minimum Gasteiger partial charge on any atom is -0.503 e. The number of aromatic hydroxyl groups is 1. The van der Waals surface area contributed by atoms with Gasteiger partial charge in [0.1, 0.15) is 16.9 Å². The molecule has 0 unspecified atom stereocenters. The van der Waals surface area contributed by atoms with Gasteiger partial charge in [0.25, 0.3) is 0 Å². The van der Waals surface area contributed by atoms with E-state index in [-0.39, 0.29) is 16.9 Å². The standard InChI is InChI=1S/C17H18F2N6O/c1-17(2)3-5-24(6-4-17)12-8-21-13(9-20-12)25-15-11(22-23-25)7-10(18)16(26)14(15)19/h7-9,26H,3-6H2,1-2H3. The third-order valence-corrected chi connectivity index (χ3v) is 4.88. The van der Waals surface area contributed by atoms with Crippen molar-refractivity contribution in [2.24, 2.45) is 5.41 Å². The molecule has 1 aliphatic heterocycles. The molecule has 7 nitrogen and oxygen atoms in total. The molecule has 3 heterocycles. The Labute approximate surface area is 148 Å². The lowest BCUT2D eigenvalue weighted by Crippen LogP contribution is -2.37. The van der Waals surface area contributed by atoms with Gasteiger partial charge in [0, 0.05) is 19.2 Å². The number of hydrogen-bond donors (Lipinski definition) is 1. The van der Waals surface area contributed by atoms with Gasteiger partial charge in [0.15, 0.2) is 23.2 Å². The first kappa shape index (κ1) is 16.6. The Morgan fingerprint density at radius 3 is 2.38 bits per heavy atom. The number of rotatable bonds is 2. The van der Waals surface area contributed by atoms with Crippen LogP contribution in [0.15, 0.2) is 18.5 Å². The van der Waals surface area contributed by atoms with E-state index >= 15 is 0 Å². The second-order valence-corrected chi connectivity index (χ2v) is 7.27. The monoisotopic (exact) mass is 360 g/mol. The lowest BCUT2D eigenvalue weighted by Gasteiger charge is -2.37. The molecule has 26 heavy (non-hydrogen) atoms. The summed E-state index contributed by atoms with van der Waals surface area (Å²) < 4.78 is 28.8. The molecular formula is C17H18F2N6O. The van der Waals surface area contributed by atoms with Gasteiger partial charge in [-0.25, -0.2) is 18.7 Å². The zero-order chi connectivity index (χ0) is 18.5. The second kappa shape index (κ2) is 5.86. The quantitative estimate of drug-likeness (QED) is 0.757. The van der Waals surface area contributed by atoms with Gasteiger partial charge in [0.05, 0.1) is 12.4 Å². The van der Waals surface area contributed by atoms with Crippen molar-refractivity contribution in [2.75, 3.05) is 18.0 Å². The molecule has 0 saturated carbocycles. The number of benzene rings is 1. The minimum absolute atomic E-state index is 0.0121. The average Bonchev–Trinajstić information content (AvgIpc) is 3.04. The Morgan fingerprint density at radius 1 is 1.08 bits per heavy atom. The van der Waals surface area contributed by atoms with Crippen LogP contribution in [0.3, 0.4) is 0 Å². The molecule has 0 aliphatic carbocycles. The molecule has 9 heteroatoms. The van der Waals surface area contributed by atoms with E-state index in [4.69, 9.17) is 0 Å². The Hall–Kier alpha value is -2.84. The summed E-state index contributed by atoms with van der Waals surface area (Å²) in [5.41, 5.74) is 0.172. The Kier molecular flexibility index (Phi) is 3.74. The second-order valence-electron chi connectivity index (χ2n) is 7.27. The summed E-state index contributed by atoms with van der Waals surface area (Å²) in [4.78, 5) is 10.8. The fraction of sp³-hybridized carbons (Fsp3) is 0.412. The number of nitrogens with zero attached hydrogens (tertiary/aromatic N) is 6. The van der Waals surface area contributed by atoms with E-state index < -0.39 is 17.4 Å². The average molecular weight is 360 g/mol. The van der Waals surface area contributed by atoms with Crippen molar-refractivity contribution in [1.82, 2.24) is 25.0 Å². The summed E-state index contributed by atoms with van der Waals surface area (Å²) >= 11 is 0. The Balaban J connectivity index is 1.66. The number of phenols is 1. The smallest absolute Gasteiger partial charge is 0.195 e. The number of fused-ring (bicyclic) bond motifs is 1. The molecule has 0 radical (unpaired) electrons. The molecule has 1 N–H and O–H groups in total. The maximum Gasteiger partial charge on any atom is 0.195 e. The van der Waals surface area contributed by atoms with Gasteiger partial charge in [-0.2, -0.15) is 4.68 Å². The van der Waals surface area contributed by atoms with Crippen molar-refractivity contribution in [3.8, 4) is 11.6 Å². The predicted octanol–water partition coefficient (Wildman–Crippen LogP) is 2.82. The molecule has 1 aliphatic rings. The molecule has 1 saturated heterocycles. The molecule has 0 spiro atoms. The molecule has 0 amide bonds. The molecular weight excluding hydrogens is 342 g/mol. The summed E-state index contributed by atoms with van der Waals surface area (Å²) in [6.07, 6.45) is 5.20. The van der Waals surface area contributed by atoms with Crippen molar-refractivity contribution in [3.63, 3.8) is 0 Å². The van der Waals surface area contributed by atoms with Crippen molar-refractivity contribution in [3.05, 3.63) is 30.1 Å². The molecule has 0 atom stereocenters. The van der Waals surface area contributed by atoms with Crippen molar-refractivity contribution >= 4 is 16.9 Å². The van der Waals surface area contributed by atoms with Gasteiger partial charge in [-0.3, -0.25) is 0 Å². The number of anilines is 1. The van der Waals surface area contributed by atoms with E-state index in [0.29, 0.717) is 5.41 Å². The van der Waals surface area contributed by atoms with E-state index in [9.17, 15) is 13.9 Å². The van der Waals surface area contributed by atoms with Crippen LogP contribution in [0.1, 0.15) is 26.7 Å². The molecule has 1 fully saturated rings. The van der Waals surface area contributed by atoms with Gasteiger partial charge >= 0.3 is 0 Å². The van der Waals surface area contributed by atoms with Gasteiger partial charge in [0.2, 0.25) is 0 Å². The molecule has 1 aromatic carbocycles. The number of hydrogen-bond acceptors (Lipinski definition) is 6. The van der Waals surface area contributed by atoms with Gasteiger partial charge in [-0.05, 0) is 18.3 Å². The zero-order valence-corrected chi connectivity index (χ0v) is 14.4. The van der Waals surface area contributed by atoms with Crippen LogP contribution in [0.25, 0.3) is 16.9 Å². The predicted molar refractivity (Wildman–Crippen MR) is 91.3 cm³/mol. The van der Waals surface area contributed by atoms with Crippen molar-refractivity contribution in [2.45, 2.75) is 26.7 Å². The van der Waals surface area contributed by atoms with E-state index in [2.05, 4.69) is 39.0 Å². The van der Waals surface area contributed by atoms with E-state index in [1.54, 1.807) is 6.20 Å². The number of piperidine rings is 1. The van der Waals surface area contributed by atoms with Crippen LogP contribution in [0.5, 0.6) is 5.75 Å². The summed E-state index contributed by atoms with van der Waals surface area (Å²) in [6, 6.07) is 0.925. The Morgan fingerprint density at radius 2 is 1.73 bits per heavy atom. The van der Waals surface area contributed by atoms with Gasteiger partial charge in [-0.15, -0.1) is 5.10 Å². The van der Waals surface area contributed by atoms with Gasteiger partial charge < -0.3 is 10.0 Å². The lowest BCUT2D eigenvalue weighted by atomic mass is 9.83. The molecule has 0 bridgehead atoms. The minimum atomic E-state index is -1.13. The highest BCUT2D eigenvalue weighted by atomic mass is 19.1. The summed E-state index contributed by atoms with van der Waals surface area (Å²) in [5, 5.41) is 17.0. The number of halogens is 2. The lowest BCUT2D eigenvalue weighted by molar-refractivity contribution is 0.279. The molecule has 4 rings (SSSR count). The third kappa shape index (κ3) is 2.73. The molecule has 3 aromatic rings. The highest BCUT2D eigenvalue weighted by Gasteiger charge is 2.26. The third-order valence-electron chi connectivity index (χ3n) is 4.88. The van der Waals surface area contributed by atoms with Crippen LogP contribution in [0, 0.1) is 17.0 Å².